The summed E-state index contributed by atoms with van der Waals surface area (Å²) in [5, 5.41) is 0.505. The minimum atomic E-state index is -0.302. The van der Waals surface area contributed by atoms with Crippen LogP contribution >= 0.6 is 0 Å². The number of aromatic amines is 1. The molecule has 4 rings (SSSR count). The molecule has 136 valence electrons. The Hall–Kier alpha value is -3.02. The van der Waals surface area contributed by atoms with Crippen molar-refractivity contribution >= 4 is 10.9 Å². The summed E-state index contributed by atoms with van der Waals surface area (Å²) in [6, 6.07) is 18.3. The van der Waals surface area contributed by atoms with Gasteiger partial charge >= 0.3 is 0 Å². The molecule has 0 amide bonds. The van der Waals surface area contributed by atoms with Gasteiger partial charge in [0.15, 0.2) is 0 Å². The fraction of sp³-hybridized carbons (Fsp3) is 0.0476. The summed E-state index contributed by atoms with van der Waals surface area (Å²) in [5.41, 5.74) is 7.70. The van der Waals surface area contributed by atoms with Crippen molar-refractivity contribution in [3.63, 3.8) is 0 Å². The Morgan fingerprint density at radius 3 is 2.48 bits per heavy atom. The van der Waals surface area contributed by atoms with E-state index in [1.54, 1.807) is 18.3 Å². The monoisotopic (exact) mass is 381 g/mol. The topological polar surface area (TPSA) is 73.4 Å². The van der Waals surface area contributed by atoms with Crippen LogP contribution in [0, 0.1) is 5.82 Å². The molecule has 2 aromatic heterocycles. The zero-order valence-corrected chi connectivity index (χ0v) is 15.1. The summed E-state index contributed by atoms with van der Waals surface area (Å²) < 4.78 is 14.3. The van der Waals surface area contributed by atoms with Crippen molar-refractivity contribution < 1.29 is 22.5 Å². The fourth-order valence-corrected chi connectivity index (χ4v) is 3.07. The minimum Gasteiger partial charge on any atom is -1.00 e. The number of H-pyrrole nitrogens is 1. The number of halogens is 2. The summed E-state index contributed by atoms with van der Waals surface area (Å²) in [6.07, 6.45) is 1.57. The van der Waals surface area contributed by atoms with E-state index in [1.165, 1.54) is 6.07 Å². The lowest BCUT2D eigenvalue weighted by Gasteiger charge is -2.12. The van der Waals surface area contributed by atoms with Crippen LogP contribution in [0.1, 0.15) is 5.56 Å². The first-order valence-corrected chi connectivity index (χ1v) is 8.33. The van der Waals surface area contributed by atoms with Crippen molar-refractivity contribution in [1.29, 1.82) is 0 Å². The molecular formula is C21H17ClFN3O. The van der Waals surface area contributed by atoms with E-state index in [9.17, 15) is 9.18 Å². The highest BCUT2D eigenvalue weighted by molar-refractivity contribution is 5.91. The van der Waals surface area contributed by atoms with Crippen molar-refractivity contribution in [2.24, 2.45) is 0 Å². The summed E-state index contributed by atoms with van der Waals surface area (Å²) in [6.45, 7) is 0.387. The molecule has 0 aliphatic heterocycles. The average Bonchev–Trinajstić information content (AvgIpc) is 2.68. The van der Waals surface area contributed by atoms with Gasteiger partial charge in [0.05, 0.1) is 16.6 Å². The second-order valence-electron chi connectivity index (χ2n) is 6.05. The van der Waals surface area contributed by atoms with Crippen molar-refractivity contribution in [3.8, 4) is 22.4 Å². The Labute approximate surface area is 161 Å². The smallest absolute Gasteiger partial charge is 0.257 e. The average molecular weight is 382 g/mol. The molecule has 27 heavy (non-hydrogen) atoms. The maximum Gasteiger partial charge on any atom is 0.257 e. The molecule has 4 aromatic rings. The Morgan fingerprint density at radius 1 is 1.00 bits per heavy atom. The maximum absolute atomic E-state index is 14.3. The van der Waals surface area contributed by atoms with Crippen LogP contribution in [0.4, 0.5) is 4.39 Å². The summed E-state index contributed by atoms with van der Waals surface area (Å²) >= 11 is 0. The molecule has 4 N–H and O–H groups in total. The molecule has 0 aliphatic carbocycles. The van der Waals surface area contributed by atoms with Crippen LogP contribution in [0.15, 0.2) is 71.7 Å². The van der Waals surface area contributed by atoms with E-state index in [0.717, 1.165) is 11.1 Å². The quantitative estimate of drug-likeness (QED) is 0.530. The first-order chi connectivity index (χ1) is 12.7. The number of pyridine rings is 2. The van der Waals surface area contributed by atoms with Crippen molar-refractivity contribution in [2.75, 3.05) is 0 Å². The summed E-state index contributed by atoms with van der Waals surface area (Å²) in [5.74, 6) is -0.302. The first-order valence-electron chi connectivity index (χ1n) is 8.33. The molecule has 0 saturated heterocycles. The Morgan fingerprint density at radius 2 is 1.78 bits per heavy atom. The third-order valence-corrected chi connectivity index (χ3v) is 4.43. The molecule has 0 spiro atoms. The summed E-state index contributed by atoms with van der Waals surface area (Å²) in [4.78, 5) is 19.5. The van der Waals surface area contributed by atoms with E-state index in [1.807, 2.05) is 42.5 Å². The van der Waals surface area contributed by atoms with Gasteiger partial charge < -0.3 is 23.1 Å². The zero-order chi connectivity index (χ0) is 18.1. The molecule has 0 aliphatic rings. The van der Waals surface area contributed by atoms with E-state index in [4.69, 9.17) is 0 Å². The third kappa shape index (κ3) is 3.47. The van der Waals surface area contributed by atoms with Crippen LogP contribution in [-0.2, 0) is 6.54 Å². The van der Waals surface area contributed by atoms with E-state index in [0.29, 0.717) is 34.3 Å². The van der Waals surface area contributed by atoms with Gasteiger partial charge in [-0.05, 0) is 29.8 Å². The number of fused-ring (bicyclic) bond motifs is 1. The molecule has 0 radical (unpaired) electrons. The second kappa shape index (κ2) is 7.70. The minimum absolute atomic E-state index is 0. The van der Waals surface area contributed by atoms with Gasteiger partial charge in [0, 0.05) is 22.9 Å². The van der Waals surface area contributed by atoms with E-state index >= 15 is 0 Å². The first kappa shape index (κ1) is 18.8. The van der Waals surface area contributed by atoms with E-state index in [2.05, 4.69) is 15.7 Å². The largest absolute Gasteiger partial charge is 1.00 e. The number of quaternary nitrogens is 1. The predicted molar refractivity (Wildman–Crippen MR) is 99.8 cm³/mol. The molecule has 2 heterocycles. The van der Waals surface area contributed by atoms with Gasteiger partial charge in [-0.3, -0.25) is 4.79 Å². The van der Waals surface area contributed by atoms with Crippen molar-refractivity contribution in [2.45, 2.75) is 6.54 Å². The van der Waals surface area contributed by atoms with Gasteiger partial charge in [-0.1, -0.05) is 36.4 Å². The van der Waals surface area contributed by atoms with Crippen LogP contribution in [0.25, 0.3) is 33.3 Å². The number of hydrogen-bond donors (Lipinski definition) is 2. The molecule has 2 aromatic carbocycles. The lowest BCUT2D eigenvalue weighted by Crippen LogP contribution is -3.00. The number of benzene rings is 2. The normalized spacial score (nSPS) is 10.6. The number of aromatic nitrogens is 2. The van der Waals surface area contributed by atoms with Gasteiger partial charge in [0.25, 0.3) is 5.56 Å². The molecule has 0 bridgehead atoms. The van der Waals surface area contributed by atoms with Crippen LogP contribution in [-0.4, -0.2) is 9.97 Å². The van der Waals surface area contributed by atoms with Crippen LogP contribution in [0.5, 0.6) is 0 Å². The van der Waals surface area contributed by atoms with E-state index < -0.39 is 0 Å². The molecule has 0 saturated carbocycles. The fourth-order valence-electron chi connectivity index (χ4n) is 3.07. The molecule has 6 heteroatoms. The maximum atomic E-state index is 14.3. The molecule has 0 atom stereocenters. The number of nitrogens with zero attached hydrogens (tertiary/aromatic N) is 1. The van der Waals surface area contributed by atoms with Crippen LogP contribution < -0.4 is 23.7 Å². The van der Waals surface area contributed by atoms with Gasteiger partial charge in [-0.25, -0.2) is 9.37 Å². The molecule has 0 fully saturated rings. The standard InChI is InChI=1S/C21H16FN3O.ClH/c22-18-10-14(6-7-15(18)12-23)20-16(13-4-2-1-3-5-13)11-17-19(25-20)8-9-24-21(17)26;/h1-11H,12,23H2,(H,24,26);1H. The Balaban J connectivity index is 0.00000210. The zero-order valence-electron chi connectivity index (χ0n) is 14.4. The van der Waals surface area contributed by atoms with Crippen LogP contribution in [0.3, 0.4) is 0 Å². The van der Waals surface area contributed by atoms with E-state index in [-0.39, 0.29) is 23.8 Å². The highest BCUT2D eigenvalue weighted by Crippen LogP contribution is 2.33. The third-order valence-electron chi connectivity index (χ3n) is 4.43. The lowest BCUT2D eigenvalue weighted by atomic mass is 9.97. The summed E-state index contributed by atoms with van der Waals surface area (Å²) in [7, 11) is 0. The molecular weight excluding hydrogens is 365 g/mol. The SMILES string of the molecule is [Cl-].[NH3+]Cc1ccc(-c2nc3cc[nH]c(=O)c3cc2-c2ccccc2)cc1F. The van der Waals surface area contributed by atoms with Gasteiger partial charge in [-0.2, -0.15) is 0 Å². The Kier molecular flexibility index (Phi) is 5.35. The number of rotatable bonds is 3. The highest BCUT2D eigenvalue weighted by atomic mass is 35.5. The van der Waals surface area contributed by atoms with Crippen LogP contribution in [0.2, 0.25) is 0 Å². The second-order valence-corrected chi connectivity index (χ2v) is 6.05. The number of nitrogens with one attached hydrogen (secondary N) is 1. The number of hydrogen-bond acceptors (Lipinski definition) is 2. The van der Waals surface area contributed by atoms with Gasteiger partial charge in [0.1, 0.15) is 12.4 Å². The predicted octanol–water partition coefficient (Wildman–Crippen LogP) is 0.142. The van der Waals surface area contributed by atoms with Crippen molar-refractivity contribution in [3.05, 3.63) is 88.6 Å². The molecule has 0 unspecified atom stereocenters. The Bertz CT molecular complexity index is 1160. The van der Waals surface area contributed by atoms with Gasteiger partial charge in [-0.15, -0.1) is 0 Å². The molecule has 4 nitrogen and oxygen atoms in total. The lowest BCUT2D eigenvalue weighted by molar-refractivity contribution is -0.386. The van der Waals surface area contributed by atoms with Gasteiger partial charge in [0.2, 0.25) is 0 Å². The van der Waals surface area contributed by atoms with Crippen molar-refractivity contribution in [1.82, 2.24) is 9.97 Å². The highest BCUT2D eigenvalue weighted by Gasteiger charge is 2.14.